The molecule has 3 heteroatoms. The van der Waals surface area contributed by atoms with Crippen LogP contribution in [0.4, 0.5) is 0 Å². The SMILES string of the molecule is Cc1ccc(C(=O)N2C[C@@H](c3ccccc3)C(C)(C)C2)n1C. The molecule has 0 saturated carbocycles. The molecule has 0 aliphatic carbocycles. The number of carbonyl (C=O) groups excluding carboxylic acids is 1. The first-order valence-electron chi connectivity index (χ1n) is 7.87. The second-order valence-corrected chi connectivity index (χ2v) is 7.06. The van der Waals surface area contributed by atoms with Crippen molar-refractivity contribution in [1.29, 1.82) is 0 Å². The smallest absolute Gasteiger partial charge is 0.270 e. The Balaban J connectivity index is 1.86. The average Bonchev–Trinajstić information content (AvgIpc) is 2.99. The zero-order valence-corrected chi connectivity index (χ0v) is 13.8. The number of likely N-dealkylation sites (tertiary alicyclic amines) is 1. The first-order valence-corrected chi connectivity index (χ1v) is 7.87. The molecular formula is C19H24N2O. The number of hydrogen-bond donors (Lipinski definition) is 0. The lowest BCUT2D eigenvalue weighted by molar-refractivity contribution is 0.0768. The standard InChI is InChI=1S/C19H24N2O/c1-14-10-11-17(20(14)4)18(22)21-12-16(19(2,3)13-21)15-8-6-5-7-9-15/h5-11,16H,12-13H2,1-4H3/t16-/m0/s1. The quantitative estimate of drug-likeness (QED) is 0.831. The van der Waals surface area contributed by atoms with Gasteiger partial charge in [0.1, 0.15) is 5.69 Å². The van der Waals surface area contributed by atoms with Gasteiger partial charge in [-0.05, 0) is 30.0 Å². The fourth-order valence-electron chi connectivity index (χ4n) is 3.52. The van der Waals surface area contributed by atoms with Crippen molar-refractivity contribution in [2.24, 2.45) is 12.5 Å². The molecule has 1 atom stereocenters. The van der Waals surface area contributed by atoms with Crippen LogP contribution in [0.1, 0.15) is 41.5 Å². The topological polar surface area (TPSA) is 25.2 Å². The summed E-state index contributed by atoms with van der Waals surface area (Å²) in [6.07, 6.45) is 0. The van der Waals surface area contributed by atoms with Gasteiger partial charge in [0.25, 0.3) is 5.91 Å². The molecule has 2 heterocycles. The molecule has 3 nitrogen and oxygen atoms in total. The van der Waals surface area contributed by atoms with Gasteiger partial charge in [0.2, 0.25) is 0 Å². The lowest BCUT2D eigenvalue weighted by atomic mass is 9.78. The van der Waals surface area contributed by atoms with E-state index in [0.717, 1.165) is 24.5 Å². The predicted octanol–water partition coefficient (Wildman–Crippen LogP) is 3.60. The van der Waals surface area contributed by atoms with E-state index >= 15 is 0 Å². The van der Waals surface area contributed by atoms with Gasteiger partial charge in [0, 0.05) is 31.7 Å². The van der Waals surface area contributed by atoms with Gasteiger partial charge in [-0.3, -0.25) is 4.79 Å². The summed E-state index contributed by atoms with van der Waals surface area (Å²) in [5.41, 5.74) is 3.31. The molecule has 116 valence electrons. The molecule has 22 heavy (non-hydrogen) atoms. The lowest BCUT2D eigenvalue weighted by Crippen LogP contribution is -2.31. The summed E-state index contributed by atoms with van der Waals surface area (Å²) in [6, 6.07) is 14.5. The molecule has 1 aliphatic heterocycles. The maximum Gasteiger partial charge on any atom is 0.270 e. The van der Waals surface area contributed by atoms with E-state index < -0.39 is 0 Å². The van der Waals surface area contributed by atoms with Crippen LogP contribution < -0.4 is 0 Å². The molecule has 0 bridgehead atoms. The summed E-state index contributed by atoms with van der Waals surface area (Å²) in [7, 11) is 1.96. The Morgan fingerprint density at radius 2 is 1.82 bits per heavy atom. The molecule has 3 rings (SSSR count). The van der Waals surface area contributed by atoms with Crippen molar-refractivity contribution < 1.29 is 4.79 Å². The Kier molecular flexibility index (Phi) is 3.59. The minimum atomic E-state index is 0.0945. The van der Waals surface area contributed by atoms with Gasteiger partial charge in [-0.15, -0.1) is 0 Å². The van der Waals surface area contributed by atoms with Crippen molar-refractivity contribution >= 4 is 5.91 Å². The number of carbonyl (C=O) groups is 1. The van der Waals surface area contributed by atoms with Gasteiger partial charge in [0.05, 0.1) is 0 Å². The third-order valence-electron chi connectivity index (χ3n) is 5.03. The number of benzene rings is 1. The van der Waals surface area contributed by atoms with Gasteiger partial charge >= 0.3 is 0 Å². The fraction of sp³-hybridized carbons (Fsp3) is 0.421. The van der Waals surface area contributed by atoms with Crippen molar-refractivity contribution in [3.05, 3.63) is 59.4 Å². The van der Waals surface area contributed by atoms with Crippen molar-refractivity contribution in [3.8, 4) is 0 Å². The zero-order chi connectivity index (χ0) is 15.9. The average molecular weight is 296 g/mol. The van der Waals surface area contributed by atoms with E-state index in [-0.39, 0.29) is 11.3 Å². The highest BCUT2D eigenvalue weighted by atomic mass is 16.2. The summed E-state index contributed by atoms with van der Waals surface area (Å²) in [6.45, 7) is 8.13. The maximum absolute atomic E-state index is 12.9. The normalized spacial score (nSPS) is 20.4. The van der Waals surface area contributed by atoms with E-state index in [1.165, 1.54) is 5.56 Å². The van der Waals surface area contributed by atoms with Gasteiger partial charge in [-0.1, -0.05) is 44.2 Å². The molecule has 0 unspecified atom stereocenters. The minimum Gasteiger partial charge on any atom is -0.344 e. The molecule has 0 N–H and O–H groups in total. The molecule has 2 aromatic rings. The summed E-state index contributed by atoms with van der Waals surface area (Å²) in [5.74, 6) is 0.529. The largest absolute Gasteiger partial charge is 0.344 e. The first kappa shape index (κ1) is 14.9. The van der Waals surface area contributed by atoms with Crippen molar-refractivity contribution in [2.75, 3.05) is 13.1 Å². The zero-order valence-electron chi connectivity index (χ0n) is 13.8. The second kappa shape index (κ2) is 5.31. The van der Waals surface area contributed by atoms with E-state index in [4.69, 9.17) is 0 Å². The molecule has 1 saturated heterocycles. The monoisotopic (exact) mass is 296 g/mol. The predicted molar refractivity (Wildman–Crippen MR) is 89.0 cm³/mol. The molecule has 1 amide bonds. The Hall–Kier alpha value is -2.03. The molecule has 1 aliphatic rings. The van der Waals surface area contributed by atoms with Gasteiger partial charge < -0.3 is 9.47 Å². The molecule has 1 fully saturated rings. The Bertz CT molecular complexity index is 685. The number of hydrogen-bond acceptors (Lipinski definition) is 1. The van der Waals surface area contributed by atoms with Crippen LogP contribution in [0.5, 0.6) is 0 Å². The van der Waals surface area contributed by atoms with Crippen LogP contribution in [-0.2, 0) is 7.05 Å². The second-order valence-electron chi connectivity index (χ2n) is 7.06. The Morgan fingerprint density at radius 1 is 1.14 bits per heavy atom. The van der Waals surface area contributed by atoms with E-state index in [2.05, 4.69) is 38.1 Å². The lowest BCUT2D eigenvalue weighted by Gasteiger charge is -2.25. The highest BCUT2D eigenvalue weighted by Gasteiger charge is 2.42. The first-order chi connectivity index (χ1) is 10.4. The van der Waals surface area contributed by atoms with Crippen molar-refractivity contribution in [2.45, 2.75) is 26.7 Å². The van der Waals surface area contributed by atoms with Crippen LogP contribution in [0, 0.1) is 12.3 Å². The van der Waals surface area contributed by atoms with E-state index in [1.807, 2.05) is 41.6 Å². The molecule has 1 aromatic carbocycles. The van der Waals surface area contributed by atoms with Gasteiger partial charge in [-0.2, -0.15) is 0 Å². The molecule has 0 spiro atoms. The summed E-state index contributed by atoms with van der Waals surface area (Å²) >= 11 is 0. The van der Waals surface area contributed by atoms with Gasteiger partial charge in [-0.25, -0.2) is 0 Å². The third-order valence-corrected chi connectivity index (χ3v) is 5.03. The number of rotatable bonds is 2. The highest BCUT2D eigenvalue weighted by Crippen LogP contribution is 2.42. The third kappa shape index (κ3) is 2.45. The summed E-state index contributed by atoms with van der Waals surface area (Å²) < 4.78 is 1.98. The number of nitrogens with zero attached hydrogens (tertiary/aromatic N) is 2. The molecule has 0 radical (unpaired) electrons. The van der Waals surface area contributed by atoms with Crippen LogP contribution in [0.3, 0.4) is 0 Å². The summed E-state index contributed by atoms with van der Waals surface area (Å²) in [5, 5.41) is 0. The fourth-order valence-corrected chi connectivity index (χ4v) is 3.52. The van der Waals surface area contributed by atoms with Crippen LogP contribution >= 0.6 is 0 Å². The van der Waals surface area contributed by atoms with Crippen molar-refractivity contribution in [3.63, 3.8) is 0 Å². The highest BCUT2D eigenvalue weighted by molar-refractivity contribution is 5.93. The number of amides is 1. The molecular weight excluding hydrogens is 272 g/mol. The van der Waals surface area contributed by atoms with Crippen molar-refractivity contribution in [1.82, 2.24) is 9.47 Å². The van der Waals surface area contributed by atoms with Crippen LogP contribution in [-0.4, -0.2) is 28.5 Å². The van der Waals surface area contributed by atoms with E-state index in [1.54, 1.807) is 0 Å². The van der Waals surface area contributed by atoms with E-state index in [0.29, 0.717) is 5.92 Å². The van der Waals surface area contributed by atoms with Gasteiger partial charge in [0.15, 0.2) is 0 Å². The maximum atomic E-state index is 12.9. The summed E-state index contributed by atoms with van der Waals surface area (Å²) in [4.78, 5) is 14.9. The van der Waals surface area contributed by atoms with Crippen LogP contribution in [0.2, 0.25) is 0 Å². The minimum absolute atomic E-state index is 0.0945. The van der Waals surface area contributed by atoms with Crippen LogP contribution in [0.15, 0.2) is 42.5 Å². The Labute approximate surface area is 132 Å². The number of aryl methyl sites for hydroxylation is 1. The molecule has 1 aromatic heterocycles. The number of aromatic nitrogens is 1. The Morgan fingerprint density at radius 3 is 2.41 bits per heavy atom. The van der Waals surface area contributed by atoms with E-state index in [9.17, 15) is 4.79 Å². The van der Waals surface area contributed by atoms with Crippen LogP contribution in [0.25, 0.3) is 0 Å².